The second-order valence-electron chi connectivity index (χ2n) is 5.95. The van der Waals surface area contributed by atoms with Crippen LogP contribution in [0.15, 0.2) is 34.2 Å². The minimum Gasteiger partial charge on any atom is -0.325 e. The van der Waals surface area contributed by atoms with Crippen LogP contribution in [0.25, 0.3) is 0 Å². The molecule has 0 unspecified atom stereocenters. The lowest BCUT2D eigenvalue weighted by Crippen LogP contribution is -2.23. The number of H-pyrrole nitrogens is 1. The summed E-state index contributed by atoms with van der Waals surface area (Å²) >= 11 is 1.28. The van der Waals surface area contributed by atoms with E-state index in [1.165, 1.54) is 17.3 Å². The fraction of sp³-hybridized carbons (Fsp3) is 0.389. The number of aromatic amines is 1. The van der Waals surface area contributed by atoms with Crippen LogP contribution in [-0.4, -0.2) is 21.1 Å². The van der Waals surface area contributed by atoms with Gasteiger partial charge < -0.3 is 10.3 Å². The molecule has 24 heavy (non-hydrogen) atoms. The molecule has 126 valence electrons. The summed E-state index contributed by atoms with van der Waals surface area (Å²) < 4.78 is 0. The van der Waals surface area contributed by atoms with Crippen LogP contribution in [0.2, 0.25) is 0 Å². The second-order valence-corrected chi connectivity index (χ2v) is 7.28. The molecule has 0 aliphatic heterocycles. The van der Waals surface area contributed by atoms with Crippen LogP contribution in [-0.2, 0) is 24.1 Å². The van der Waals surface area contributed by atoms with E-state index in [1.807, 2.05) is 31.2 Å². The van der Waals surface area contributed by atoms with Crippen molar-refractivity contribution in [2.75, 3.05) is 5.32 Å². The Labute approximate surface area is 145 Å². The fourth-order valence-electron chi connectivity index (χ4n) is 2.76. The topological polar surface area (TPSA) is 74.8 Å². The monoisotopic (exact) mass is 343 g/mol. The molecule has 1 atom stereocenters. The zero-order valence-corrected chi connectivity index (χ0v) is 14.7. The van der Waals surface area contributed by atoms with Crippen molar-refractivity contribution >= 4 is 23.4 Å². The molecule has 3 rings (SSSR count). The highest BCUT2D eigenvalue weighted by atomic mass is 32.2. The van der Waals surface area contributed by atoms with E-state index in [4.69, 9.17) is 0 Å². The van der Waals surface area contributed by atoms with Gasteiger partial charge in [0.05, 0.1) is 10.9 Å². The average Bonchev–Trinajstić information content (AvgIpc) is 3.04. The minimum absolute atomic E-state index is 0.0669. The summed E-state index contributed by atoms with van der Waals surface area (Å²) in [4.78, 5) is 31.6. The molecule has 1 aliphatic rings. The van der Waals surface area contributed by atoms with Crippen molar-refractivity contribution in [3.8, 4) is 0 Å². The Morgan fingerprint density at radius 1 is 1.33 bits per heavy atom. The van der Waals surface area contributed by atoms with Gasteiger partial charge in [-0.1, -0.05) is 30.8 Å². The van der Waals surface area contributed by atoms with Crippen LogP contribution >= 0.6 is 11.8 Å². The van der Waals surface area contributed by atoms with E-state index in [1.54, 1.807) is 0 Å². The summed E-state index contributed by atoms with van der Waals surface area (Å²) in [6.45, 7) is 3.91. The highest BCUT2D eigenvalue weighted by Gasteiger charge is 2.20. The average molecular weight is 343 g/mol. The number of benzene rings is 1. The minimum atomic E-state index is -0.349. The maximum atomic E-state index is 12.3. The molecule has 5 nitrogen and oxygen atoms in total. The Kier molecular flexibility index (Phi) is 5.04. The number of nitrogens with zero attached hydrogens (tertiary/aromatic N) is 1. The molecule has 1 aliphatic carbocycles. The van der Waals surface area contributed by atoms with E-state index in [2.05, 4.69) is 22.2 Å². The van der Waals surface area contributed by atoms with Crippen molar-refractivity contribution in [2.24, 2.45) is 0 Å². The molecular formula is C18H21N3O2S. The van der Waals surface area contributed by atoms with Gasteiger partial charge in [0.25, 0.3) is 5.56 Å². The van der Waals surface area contributed by atoms with Crippen molar-refractivity contribution in [2.45, 2.75) is 49.9 Å². The Hall–Kier alpha value is -2.08. The van der Waals surface area contributed by atoms with Gasteiger partial charge in [0.2, 0.25) is 5.91 Å². The number of amides is 1. The molecule has 0 bridgehead atoms. The van der Waals surface area contributed by atoms with E-state index >= 15 is 0 Å². The quantitative estimate of drug-likeness (QED) is 0.646. The lowest BCUT2D eigenvalue weighted by Gasteiger charge is -2.12. The van der Waals surface area contributed by atoms with E-state index in [0.717, 1.165) is 42.6 Å². The summed E-state index contributed by atoms with van der Waals surface area (Å²) in [5.74, 6) is -0.104. The van der Waals surface area contributed by atoms with Gasteiger partial charge in [-0.2, -0.15) is 0 Å². The maximum absolute atomic E-state index is 12.3. The van der Waals surface area contributed by atoms with Crippen LogP contribution in [0.5, 0.6) is 0 Å². The van der Waals surface area contributed by atoms with Gasteiger partial charge in [0.1, 0.15) is 0 Å². The van der Waals surface area contributed by atoms with Crippen molar-refractivity contribution in [1.29, 1.82) is 0 Å². The molecule has 0 saturated carbocycles. The first-order chi connectivity index (χ1) is 11.6. The lowest BCUT2D eigenvalue weighted by molar-refractivity contribution is -0.115. The van der Waals surface area contributed by atoms with Crippen molar-refractivity contribution in [3.63, 3.8) is 0 Å². The molecule has 0 radical (unpaired) electrons. The number of carbonyl (C=O) groups is 1. The number of aryl methyl sites for hydroxylation is 2. The molecule has 0 fully saturated rings. The van der Waals surface area contributed by atoms with E-state index < -0.39 is 0 Å². The van der Waals surface area contributed by atoms with Gasteiger partial charge >= 0.3 is 0 Å². The summed E-state index contributed by atoms with van der Waals surface area (Å²) in [5.41, 5.74) is 3.62. The third-order valence-electron chi connectivity index (χ3n) is 4.21. The summed E-state index contributed by atoms with van der Waals surface area (Å²) in [7, 11) is 0. The number of nitrogens with one attached hydrogen (secondary N) is 2. The van der Waals surface area contributed by atoms with Crippen LogP contribution in [0.1, 0.15) is 37.1 Å². The first kappa shape index (κ1) is 16.8. The van der Waals surface area contributed by atoms with Gasteiger partial charge in [-0.3, -0.25) is 9.59 Å². The van der Waals surface area contributed by atoms with E-state index in [-0.39, 0.29) is 16.7 Å². The van der Waals surface area contributed by atoms with Gasteiger partial charge in [-0.25, -0.2) is 4.98 Å². The number of fused-ring (bicyclic) bond motifs is 1. The fourth-order valence-corrected chi connectivity index (χ4v) is 3.58. The highest BCUT2D eigenvalue weighted by Crippen LogP contribution is 2.23. The lowest BCUT2D eigenvalue weighted by atomic mass is 10.1. The normalized spacial score (nSPS) is 14.2. The molecular weight excluding hydrogens is 322 g/mol. The van der Waals surface area contributed by atoms with Crippen molar-refractivity contribution < 1.29 is 4.79 Å². The molecule has 2 N–H and O–H groups in total. The molecule has 1 amide bonds. The predicted octanol–water partition coefficient (Wildman–Crippen LogP) is 2.94. The van der Waals surface area contributed by atoms with Crippen LogP contribution < -0.4 is 10.9 Å². The number of aromatic nitrogens is 2. The zero-order valence-electron chi connectivity index (χ0n) is 13.9. The SMILES string of the molecule is CCc1ccc(NC(=O)[C@H](C)Sc2nc3c(c(=O)[nH]2)CCC3)cc1. The largest absolute Gasteiger partial charge is 0.325 e. The first-order valence-electron chi connectivity index (χ1n) is 8.25. The van der Waals surface area contributed by atoms with E-state index in [0.29, 0.717) is 5.16 Å². The Balaban J connectivity index is 1.65. The molecule has 1 aromatic carbocycles. The smallest absolute Gasteiger partial charge is 0.254 e. The van der Waals surface area contributed by atoms with E-state index in [9.17, 15) is 9.59 Å². The zero-order chi connectivity index (χ0) is 17.1. The summed E-state index contributed by atoms with van der Waals surface area (Å²) in [6.07, 6.45) is 3.59. The molecule has 1 aromatic heterocycles. The van der Waals surface area contributed by atoms with Crippen molar-refractivity contribution in [3.05, 3.63) is 51.4 Å². The Morgan fingerprint density at radius 2 is 2.08 bits per heavy atom. The Bertz CT molecular complexity index is 799. The van der Waals surface area contributed by atoms with Crippen LogP contribution in [0.4, 0.5) is 5.69 Å². The third-order valence-corrected chi connectivity index (χ3v) is 5.19. The molecule has 0 spiro atoms. The van der Waals surface area contributed by atoms with Crippen LogP contribution in [0.3, 0.4) is 0 Å². The summed E-state index contributed by atoms with van der Waals surface area (Å²) in [6, 6.07) is 7.83. The van der Waals surface area contributed by atoms with Crippen LogP contribution in [0, 0.1) is 0 Å². The molecule has 2 aromatic rings. The summed E-state index contributed by atoms with van der Waals surface area (Å²) in [5, 5.41) is 3.07. The number of anilines is 1. The van der Waals surface area contributed by atoms with Gasteiger partial charge in [0, 0.05) is 11.3 Å². The number of rotatable bonds is 5. The maximum Gasteiger partial charge on any atom is 0.254 e. The van der Waals surface area contributed by atoms with Gasteiger partial charge in [-0.05, 0) is 50.3 Å². The first-order valence-corrected chi connectivity index (χ1v) is 9.13. The number of carbonyl (C=O) groups excluding carboxylic acids is 1. The standard InChI is InChI=1S/C18H21N3O2S/c1-3-12-7-9-13(10-8-12)19-16(22)11(2)24-18-20-15-6-4-5-14(15)17(23)21-18/h7-11H,3-6H2,1-2H3,(H,19,22)(H,20,21,23)/t11-/m0/s1. The Morgan fingerprint density at radius 3 is 2.79 bits per heavy atom. The number of thioether (sulfide) groups is 1. The number of hydrogen-bond donors (Lipinski definition) is 2. The third kappa shape index (κ3) is 3.70. The van der Waals surface area contributed by atoms with Gasteiger partial charge in [0.15, 0.2) is 5.16 Å². The second kappa shape index (κ2) is 7.21. The molecule has 0 saturated heterocycles. The number of hydrogen-bond acceptors (Lipinski definition) is 4. The molecule has 1 heterocycles. The van der Waals surface area contributed by atoms with Crippen molar-refractivity contribution in [1.82, 2.24) is 9.97 Å². The highest BCUT2D eigenvalue weighted by molar-refractivity contribution is 8.00. The molecule has 6 heteroatoms. The predicted molar refractivity (Wildman–Crippen MR) is 96.7 cm³/mol. The van der Waals surface area contributed by atoms with Gasteiger partial charge in [-0.15, -0.1) is 0 Å².